The van der Waals surface area contributed by atoms with Crippen LogP contribution in [-0.2, 0) is 13.5 Å². The van der Waals surface area contributed by atoms with Crippen LogP contribution < -0.4 is 4.57 Å². The van der Waals surface area contributed by atoms with Gasteiger partial charge in [-0.05, 0) is 47.8 Å². The van der Waals surface area contributed by atoms with E-state index in [1.807, 2.05) is 36.0 Å². The van der Waals surface area contributed by atoms with Gasteiger partial charge in [0.1, 0.15) is 5.69 Å². The van der Waals surface area contributed by atoms with E-state index in [4.69, 9.17) is 0 Å². The first kappa shape index (κ1) is 12.4. The van der Waals surface area contributed by atoms with Gasteiger partial charge in [0.15, 0.2) is 0 Å². The van der Waals surface area contributed by atoms with Crippen LogP contribution in [-0.4, -0.2) is 0 Å². The summed E-state index contributed by atoms with van der Waals surface area (Å²) < 4.78 is 1.96. The molecule has 1 heterocycles. The lowest BCUT2D eigenvalue weighted by Crippen LogP contribution is -2.27. The Kier molecular flexibility index (Phi) is 3.82. The molecule has 3 heteroatoms. The second-order valence-electron chi connectivity index (χ2n) is 4.39. The van der Waals surface area contributed by atoms with E-state index in [0.717, 1.165) is 17.9 Å². The van der Waals surface area contributed by atoms with Crippen LogP contribution in [0.5, 0.6) is 0 Å². The molecule has 92 valence electrons. The molecule has 2 aromatic rings. The smallest absolute Gasteiger partial charge is 0.232 e. The average molecular weight is 240 g/mol. The highest BCUT2D eigenvalue weighted by Gasteiger charge is 2.05. The summed E-state index contributed by atoms with van der Waals surface area (Å²) in [6.07, 6.45) is 3.04. The van der Waals surface area contributed by atoms with Gasteiger partial charge in [0.25, 0.3) is 0 Å². The van der Waals surface area contributed by atoms with Gasteiger partial charge in [-0.1, -0.05) is 19.1 Å². The number of pyridine rings is 1. The normalized spacial score (nSPS) is 11.1. The van der Waals surface area contributed by atoms with Crippen molar-refractivity contribution >= 4 is 11.5 Å². The minimum absolute atomic E-state index is 0.856. The van der Waals surface area contributed by atoms with Gasteiger partial charge in [-0.25, -0.2) is 4.57 Å². The predicted molar refractivity (Wildman–Crippen MR) is 72.4 cm³/mol. The number of aromatic nitrogens is 1. The molecular formula is C15H18N3+. The first-order valence-electron chi connectivity index (χ1n) is 6.16. The molecule has 0 atom stereocenters. The maximum atomic E-state index is 4.28. The van der Waals surface area contributed by atoms with E-state index in [0.29, 0.717) is 0 Å². The van der Waals surface area contributed by atoms with E-state index in [2.05, 4.69) is 42.3 Å². The maximum Gasteiger partial charge on any atom is 0.350 e. The van der Waals surface area contributed by atoms with Crippen LogP contribution in [0.4, 0.5) is 11.5 Å². The van der Waals surface area contributed by atoms with Crippen molar-refractivity contribution < 1.29 is 4.57 Å². The summed E-state index contributed by atoms with van der Waals surface area (Å²) >= 11 is 0. The van der Waals surface area contributed by atoms with Crippen LogP contribution in [0.25, 0.3) is 0 Å². The molecule has 0 radical (unpaired) electrons. The summed E-state index contributed by atoms with van der Waals surface area (Å²) in [7, 11) is 1.97. The molecule has 18 heavy (non-hydrogen) atoms. The summed E-state index contributed by atoms with van der Waals surface area (Å²) in [6.45, 7) is 4.19. The molecule has 0 fully saturated rings. The van der Waals surface area contributed by atoms with Gasteiger partial charge < -0.3 is 0 Å². The zero-order valence-electron chi connectivity index (χ0n) is 11.1. The van der Waals surface area contributed by atoms with Gasteiger partial charge in [0.2, 0.25) is 0 Å². The van der Waals surface area contributed by atoms with Crippen molar-refractivity contribution in [2.24, 2.45) is 17.3 Å². The molecule has 0 aliphatic heterocycles. The molecule has 0 saturated heterocycles. The van der Waals surface area contributed by atoms with Crippen molar-refractivity contribution in [3.8, 4) is 0 Å². The second kappa shape index (κ2) is 5.54. The predicted octanol–water partition coefficient (Wildman–Crippen LogP) is 3.80. The van der Waals surface area contributed by atoms with Gasteiger partial charge in [0, 0.05) is 6.07 Å². The number of aryl methyl sites for hydroxylation is 3. The lowest BCUT2D eigenvalue weighted by atomic mass is 10.2. The maximum absolute atomic E-state index is 4.28. The molecular weight excluding hydrogens is 222 g/mol. The Balaban J connectivity index is 2.21. The van der Waals surface area contributed by atoms with Crippen molar-refractivity contribution in [3.05, 3.63) is 53.7 Å². The van der Waals surface area contributed by atoms with E-state index in [-0.39, 0.29) is 0 Å². The van der Waals surface area contributed by atoms with Crippen LogP contribution >= 0.6 is 0 Å². The fraction of sp³-hybridized carbons (Fsp3) is 0.267. The standard InChI is InChI=1S/C15H18N3/c1-4-13-5-7-14(8-6-13)16-17-15-11-12(2)9-10-18(15)3/h5-11H,4H2,1-3H3/q+1. The third-order valence-corrected chi connectivity index (χ3v) is 2.89. The monoisotopic (exact) mass is 240 g/mol. The quantitative estimate of drug-likeness (QED) is 0.577. The van der Waals surface area contributed by atoms with E-state index in [1.165, 1.54) is 11.1 Å². The molecule has 0 saturated carbocycles. The third kappa shape index (κ3) is 3.00. The SMILES string of the molecule is CCc1ccc(N=Nc2cc(C)cc[n+]2C)cc1. The molecule has 1 aromatic carbocycles. The Bertz CT molecular complexity index is 556. The Morgan fingerprint density at radius 1 is 1.06 bits per heavy atom. The van der Waals surface area contributed by atoms with Gasteiger partial charge in [0.05, 0.1) is 18.4 Å². The first-order valence-corrected chi connectivity index (χ1v) is 6.16. The fourth-order valence-corrected chi connectivity index (χ4v) is 1.67. The zero-order valence-corrected chi connectivity index (χ0v) is 11.1. The number of hydrogen-bond acceptors (Lipinski definition) is 2. The lowest BCUT2D eigenvalue weighted by molar-refractivity contribution is -0.658. The lowest BCUT2D eigenvalue weighted by Gasteiger charge is -1.95. The van der Waals surface area contributed by atoms with Crippen molar-refractivity contribution in [1.29, 1.82) is 0 Å². The Morgan fingerprint density at radius 3 is 2.44 bits per heavy atom. The summed E-state index contributed by atoms with van der Waals surface area (Å²) in [5, 5.41) is 8.54. The summed E-state index contributed by atoms with van der Waals surface area (Å²) in [5.74, 6) is 0.856. The van der Waals surface area contributed by atoms with Crippen molar-refractivity contribution in [3.63, 3.8) is 0 Å². The fourth-order valence-electron chi connectivity index (χ4n) is 1.67. The van der Waals surface area contributed by atoms with E-state index in [1.54, 1.807) is 0 Å². The topological polar surface area (TPSA) is 28.6 Å². The molecule has 2 rings (SSSR count). The number of benzene rings is 1. The molecule has 0 amide bonds. The van der Waals surface area contributed by atoms with Crippen LogP contribution in [0.1, 0.15) is 18.1 Å². The zero-order chi connectivity index (χ0) is 13.0. The highest BCUT2D eigenvalue weighted by Crippen LogP contribution is 2.17. The first-order chi connectivity index (χ1) is 8.69. The summed E-state index contributed by atoms with van der Waals surface area (Å²) in [5.41, 5.74) is 3.38. The number of nitrogens with zero attached hydrogens (tertiary/aromatic N) is 3. The Labute approximate surface area is 108 Å². The van der Waals surface area contributed by atoms with Gasteiger partial charge in [-0.2, -0.15) is 0 Å². The van der Waals surface area contributed by atoms with E-state index in [9.17, 15) is 0 Å². The Morgan fingerprint density at radius 2 is 1.78 bits per heavy atom. The Hall–Kier alpha value is -2.03. The third-order valence-electron chi connectivity index (χ3n) is 2.89. The number of hydrogen-bond donors (Lipinski definition) is 0. The van der Waals surface area contributed by atoms with Crippen LogP contribution in [0.2, 0.25) is 0 Å². The summed E-state index contributed by atoms with van der Waals surface area (Å²) in [4.78, 5) is 0. The van der Waals surface area contributed by atoms with E-state index >= 15 is 0 Å². The van der Waals surface area contributed by atoms with Crippen molar-refractivity contribution in [2.75, 3.05) is 0 Å². The average Bonchev–Trinajstić information content (AvgIpc) is 2.40. The van der Waals surface area contributed by atoms with E-state index < -0.39 is 0 Å². The minimum atomic E-state index is 0.856. The molecule has 0 aliphatic carbocycles. The van der Waals surface area contributed by atoms with Gasteiger partial charge >= 0.3 is 5.82 Å². The number of rotatable bonds is 3. The molecule has 0 bridgehead atoms. The van der Waals surface area contributed by atoms with Crippen LogP contribution in [0, 0.1) is 6.92 Å². The molecule has 0 spiro atoms. The molecule has 1 aromatic heterocycles. The van der Waals surface area contributed by atoms with Crippen molar-refractivity contribution in [1.82, 2.24) is 0 Å². The van der Waals surface area contributed by atoms with Crippen LogP contribution in [0.3, 0.4) is 0 Å². The van der Waals surface area contributed by atoms with Crippen molar-refractivity contribution in [2.45, 2.75) is 20.3 Å². The highest BCUT2D eigenvalue weighted by atomic mass is 15.2. The molecule has 0 unspecified atom stereocenters. The summed E-state index contributed by atoms with van der Waals surface area (Å²) in [6, 6.07) is 12.2. The molecule has 3 nitrogen and oxygen atoms in total. The second-order valence-corrected chi connectivity index (χ2v) is 4.39. The van der Waals surface area contributed by atoms with Crippen LogP contribution in [0.15, 0.2) is 52.8 Å². The molecule has 0 aliphatic rings. The molecule has 0 N–H and O–H groups in total. The van der Waals surface area contributed by atoms with Gasteiger partial charge in [-0.15, -0.1) is 0 Å². The number of azo groups is 1. The van der Waals surface area contributed by atoms with Gasteiger partial charge in [-0.3, -0.25) is 0 Å². The largest absolute Gasteiger partial charge is 0.350 e. The minimum Gasteiger partial charge on any atom is -0.232 e. The highest BCUT2D eigenvalue weighted by molar-refractivity contribution is 5.39.